The smallest absolute Gasteiger partial charge is 0.262 e. The van der Waals surface area contributed by atoms with Crippen molar-refractivity contribution in [3.63, 3.8) is 0 Å². The van der Waals surface area contributed by atoms with E-state index in [1.807, 2.05) is 13.0 Å². The van der Waals surface area contributed by atoms with Crippen LogP contribution in [-0.4, -0.2) is 31.5 Å². The maximum atomic E-state index is 12.5. The van der Waals surface area contributed by atoms with Gasteiger partial charge < -0.3 is 4.90 Å². The fourth-order valence-corrected chi connectivity index (χ4v) is 4.02. The standard InChI is InChI=1S/C16H20N4O2S/c1-12-5-6-15(13(2)9-12)23(21,22)19-14-10-17-16(18-11-14)20-7-3-4-8-20/h5-6,9-11,19H,3-4,7-8H2,1-2H3. The van der Waals surface area contributed by atoms with Crippen LogP contribution in [-0.2, 0) is 10.0 Å². The Bertz CT molecular complexity index is 797. The van der Waals surface area contributed by atoms with Gasteiger partial charge in [0.15, 0.2) is 0 Å². The molecule has 1 aliphatic heterocycles. The van der Waals surface area contributed by atoms with Crippen molar-refractivity contribution in [1.29, 1.82) is 0 Å². The molecule has 3 rings (SSSR count). The summed E-state index contributed by atoms with van der Waals surface area (Å²) in [7, 11) is -3.64. The third kappa shape index (κ3) is 3.44. The first-order chi connectivity index (χ1) is 11.0. The molecule has 1 saturated heterocycles. The van der Waals surface area contributed by atoms with Crippen molar-refractivity contribution in [2.75, 3.05) is 22.7 Å². The molecule has 6 nitrogen and oxygen atoms in total. The highest BCUT2D eigenvalue weighted by molar-refractivity contribution is 7.92. The summed E-state index contributed by atoms with van der Waals surface area (Å²) in [6.45, 7) is 5.62. The van der Waals surface area contributed by atoms with Crippen LogP contribution < -0.4 is 9.62 Å². The Morgan fingerprint density at radius 3 is 2.35 bits per heavy atom. The molecule has 1 aromatic heterocycles. The average molecular weight is 332 g/mol. The van der Waals surface area contributed by atoms with Gasteiger partial charge in [0.2, 0.25) is 5.95 Å². The number of sulfonamides is 1. The second-order valence-corrected chi connectivity index (χ2v) is 7.49. The lowest BCUT2D eigenvalue weighted by Crippen LogP contribution is -2.20. The summed E-state index contributed by atoms with van der Waals surface area (Å²) in [6, 6.07) is 5.25. The van der Waals surface area contributed by atoms with Crippen molar-refractivity contribution in [3.8, 4) is 0 Å². The van der Waals surface area contributed by atoms with Gasteiger partial charge >= 0.3 is 0 Å². The van der Waals surface area contributed by atoms with Gasteiger partial charge in [-0.05, 0) is 38.3 Å². The Balaban J connectivity index is 1.80. The summed E-state index contributed by atoms with van der Waals surface area (Å²) < 4.78 is 27.5. The molecule has 0 unspecified atom stereocenters. The van der Waals surface area contributed by atoms with Crippen molar-refractivity contribution < 1.29 is 8.42 Å². The minimum absolute atomic E-state index is 0.270. The molecule has 0 saturated carbocycles. The molecule has 7 heteroatoms. The number of nitrogens with zero attached hydrogens (tertiary/aromatic N) is 3. The summed E-state index contributed by atoms with van der Waals surface area (Å²) in [4.78, 5) is 10.9. The van der Waals surface area contributed by atoms with E-state index in [-0.39, 0.29) is 4.90 Å². The molecular formula is C16H20N4O2S. The number of anilines is 2. The van der Waals surface area contributed by atoms with Crippen molar-refractivity contribution >= 4 is 21.7 Å². The van der Waals surface area contributed by atoms with E-state index in [0.717, 1.165) is 31.5 Å². The van der Waals surface area contributed by atoms with Gasteiger partial charge in [-0.2, -0.15) is 0 Å². The van der Waals surface area contributed by atoms with Gasteiger partial charge in [-0.15, -0.1) is 0 Å². The molecular weight excluding hydrogens is 312 g/mol. The average Bonchev–Trinajstić information content (AvgIpc) is 3.01. The van der Waals surface area contributed by atoms with Crippen LogP contribution in [0.5, 0.6) is 0 Å². The van der Waals surface area contributed by atoms with Gasteiger partial charge in [0.05, 0.1) is 23.0 Å². The Kier molecular flexibility index (Phi) is 4.21. The van der Waals surface area contributed by atoms with Gasteiger partial charge in [-0.3, -0.25) is 4.72 Å². The molecule has 2 heterocycles. The number of nitrogens with one attached hydrogen (secondary N) is 1. The van der Waals surface area contributed by atoms with Crippen LogP contribution >= 0.6 is 0 Å². The number of benzene rings is 1. The maximum Gasteiger partial charge on any atom is 0.262 e. The molecule has 0 atom stereocenters. The molecule has 1 aliphatic rings. The Labute approximate surface area is 136 Å². The van der Waals surface area contributed by atoms with Crippen molar-refractivity contribution in [2.45, 2.75) is 31.6 Å². The molecule has 2 aromatic rings. The molecule has 0 aliphatic carbocycles. The first kappa shape index (κ1) is 15.7. The SMILES string of the molecule is Cc1ccc(S(=O)(=O)Nc2cnc(N3CCCC3)nc2)c(C)c1. The maximum absolute atomic E-state index is 12.5. The fraction of sp³-hybridized carbons (Fsp3) is 0.375. The van der Waals surface area contributed by atoms with Crippen LogP contribution in [0.4, 0.5) is 11.6 Å². The predicted molar refractivity (Wildman–Crippen MR) is 90.2 cm³/mol. The first-order valence-corrected chi connectivity index (χ1v) is 9.11. The Hall–Kier alpha value is -2.15. The normalized spacial score (nSPS) is 15.0. The highest BCUT2D eigenvalue weighted by Crippen LogP contribution is 2.21. The van der Waals surface area contributed by atoms with Crippen molar-refractivity contribution in [3.05, 3.63) is 41.7 Å². The topological polar surface area (TPSA) is 75.2 Å². The van der Waals surface area contributed by atoms with E-state index >= 15 is 0 Å². The molecule has 23 heavy (non-hydrogen) atoms. The third-order valence-corrected chi connectivity index (χ3v) is 5.44. The molecule has 1 N–H and O–H groups in total. The molecule has 0 radical (unpaired) electrons. The number of hydrogen-bond acceptors (Lipinski definition) is 5. The fourth-order valence-electron chi connectivity index (χ4n) is 2.77. The number of rotatable bonds is 4. The number of hydrogen-bond donors (Lipinski definition) is 1. The Morgan fingerprint density at radius 2 is 1.74 bits per heavy atom. The van der Waals surface area contributed by atoms with Gasteiger partial charge in [0.25, 0.3) is 10.0 Å². The number of aromatic nitrogens is 2. The first-order valence-electron chi connectivity index (χ1n) is 7.63. The molecule has 0 spiro atoms. The monoisotopic (exact) mass is 332 g/mol. The van der Waals surface area contributed by atoms with E-state index in [2.05, 4.69) is 19.6 Å². The molecule has 1 fully saturated rings. The predicted octanol–water partition coefficient (Wildman–Crippen LogP) is 2.49. The minimum Gasteiger partial charge on any atom is -0.341 e. The van der Waals surface area contributed by atoms with Crippen LogP contribution in [0.2, 0.25) is 0 Å². The van der Waals surface area contributed by atoms with Crippen molar-refractivity contribution in [2.24, 2.45) is 0 Å². The van der Waals surface area contributed by atoms with Crippen LogP contribution in [0.25, 0.3) is 0 Å². The quantitative estimate of drug-likeness (QED) is 0.931. The van der Waals surface area contributed by atoms with E-state index in [9.17, 15) is 8.42 Å². The van der Waals surface area contributed by atoms with E-state index in [0.29, 0.717) is 17.2 Å². The summed E-state index contributed by atoms with van der Waals surface area (Å²) >= 11 is 0. The molecule has 0 amide bonds. The Morgan fingerprint density at radius 1 is 1.09 bits per heavy atom. The van der Waals surface area contributed by atoms with Crippen LogP contribution in [0, 0.1) is 13.8 Å². The van der Waals surface area contributed by atoms with Gasteiger partial charge in [-0.1, -0.05) is 17.7 Å². The largest absolute Gasteiger partial charge is 0.341 e. The lowest BCUT2D eigenvalue weighted by Gasteiger charge is -2.15. The lowest BCUT2D eigenvalue weighted by atomic mass is 10.2. The minimum atomic E-state index is -3.64. The summed E-state index contributed by atoms with van der Waals surface area (Å²) in [5, 5.41) is 0. The van der Waals surface area contributed by atoms with E-state index in [4.69, 9.17) is 0 Å². The molecule has 122 valence electrons. The summed E-state index contributed by atoms with van der Waals surface area (Å²) in [5.74, 6) is 0.650. The number of aryl methyl sites for hydroxylation is 2. The zero-order valence-electron chi connectivity index (χ0n) is 13.3. The van der Waals surface area contributed by atoms with Gasteiger partial charge in [0.1, 0.15) is 0 Å². The second-order valence-electron chi connectivity index (χ2n) is 5.84. The zero-order chi connectivity index (χ0) is 16.4. The second kappa shape index (κ2) is 6.16. The van der Waals surface area contributed by atoms with Crippen LogP contribution in [0.3, 0.4) is 0 Å². The van der Waals surface area contributed by atoms with E-state index in [1.165, 1.54) is 12.4 Å². The van der Waals surface area contributed by atoms with E-state index < -0.39 is 10.0 Å². The van der Waals surface area contributed by atoms with Crippen LogP contribution in [0.15, 0.2) is 35.5 Å². The highest BCUT2D eigenvalue weighted by Gasteiger charge is 2.18. The summed E-state index contributed by atoms with van der Waals surface area (Å²) in [6.07, 6.45) is 5.32. The zero-order valence-corrected chi connectivity index (χ0v) is 14.1. The van der Waals surface area contributed by atoms with Gasteiger partial charge in [-0.25, -0.2) is 18.4 Å². The van der Waals surface area contributed by atoms with Crippen LogP contribution in [0.1, 0.15) is 24.0 Å². The molecule has 1 aromatic carbocycles. The molecule has 0 bridgehead atoms. The van der Waals surface area contributed by atoms with Crippen molar-refractivity contribution in [1.82, 2.24) is 9.97 Å². The van der Waals surface area contributed by atoms with Gasteiger partial charge in [0, 0.05) is 13.1 Å². The third-order valence-electron chi connectivity index (χ3n) is 3.90. The summed E-state index contributed by atoms with van der Waals surface area (Å²) in [5.41, 5.74) is 2.11. The van der Waals surface area contributed by atoms with E-state index in [1.54, 1.807) is 19.1 Å². The highest BCUT2D eigenvalue weighted by atomic mass is 32.2. The lowest BCUT2D eigenvalue weighted by molar-refractivity contribution is 0.600.